The van der Waals surface area contributed by atoms with Crippen LogP contribution in [0, 0.1) is 11.5 Å². The van der Waals surface area contributed by atoms with Crippen molar-refractivity contribution in [2.75, 3.05) is 31.1 Å². The van der Waals surface area contributed by atoms with Crippen LogP contribution in [0.4, 0.5) is 11.6 Å². The predicted octanol–water partition coefficient (Wildman–Crippen LogP) is 5.96. The highest BCUT2D eigenvalue weighted by molar-refractivity contribution is 6.31. The summed E-state index contributed by atoms with van der Waals surface area (Å²) in [5.41, 5.74) is 3.62. The van der Waals surface area contributed by atoms with Crippen LogP contribution in [0.2, 0.25) is 15.7 Å². The standard InChI is InChI=1S/C21H22N6O2.C7H7ClN2.C4H2Cl2N2/c22-13-26-8-6-16(12-26)24-20(28)15-3-4-18-19(11-15)29-10-9-27(18)21-23-7-5-17(25-21)14-1-2-14;8-7-9-4-3-6(10-7)5-1-2-5;5-3-1-2-7-4(6)8-3/h3-5,7,11,14,16H,1-2,6,8-10,12H2,(H,24,28);3-5H,1-2H2;1-2H/t16-;;/m1../s1. The number of likely N-dealkylation sites (tertiary alicyclic amines) is 1. The lowest BCUT2D eigenvalue weighted by atomic mass is 10.1. The number of ether oxygens (including phenoxy) is 1. The molecule has 47 heavy (non-hydrogen) atoms. The minimum absolute atomic E-state index is 0.00540. The zero-order valence-electron chi connectivity index (χ0n) is 25.3. The summed E-state index contributed by atoms with van der Waals surface area (Å²) >= 11 is 16.3. The van der Waals surface area contributed by atoms with Gasteiger partial charge < -0.3 is 19.9 Å². The van der Waals surface area contributed by atoms with Crippen LogP contribution in [-0.2, 0) is 0 Å². The summed E-state index contributed by atoms with van der Waals surface area (Å²) in [6, 6.07) is 11.0. The molecule has 242 valence electrons. The van der Waals surface area contributed by atoms with Gasteiger partial charge in [-0.05, 0) is 91.7 Å². The SMILES string of the molecule is Clc1ccnc(Cl)n1.Clc1nccc(C2CC2)n1.N#CN1CC[C@@H](NC(=O)c2ccc3c(c2)OCCN3c2nccc(C3CC3)n2)C1. The van der Waals surface area contributed by atoms with E-state index in [9.17, 15) is 4.79 Å². The van der Waals surface area contributed by atoms with Gasteiger partial charge in [-0.15, -0.1) is 0 Å². The topological polar surface area (TPSA) is 146 Å². The van der Waals surface area contributed by atoms with Gasteiger partial charge in [-0.2, -0.15) is 5.26 Å². The van der Waals surface area contributed by atoms with Gasteiger partial charge in [0.15, 0.2) is 6.19 Å². The first-order chi connectivity index (χ1) is 22.9. The lowest BCUT2D eigenvalue weighted by molar-refractivity contribution is 0.0938. The number of halogens is 3. The van der Waals surface area contributed by atoms with E-state index in [0.717, 1.165) is 23.5 Å². The first-order valence-electron chi connectivity index (χ1n) is 15.3. The Hall–Kier alpha value is -4.31. The maximum atomic E-state index is 12.7. The van der Waals surface area contributed by atoms with Crippen molar-refractivity contribution in [3.8, 4) is 11.9 Å². The van der Waals surface area contributed by atoms with E-state index in [1.807, 2.05) is 29.3 Å². The molecule has 3 aromatic heterocycles. The van der Waals surface area contributed by atoms with Crippen LogP contribution in [0.3, 0.4) is 0 Å². The molecule has 1 aromatic carbocycles. The Morgan fingerprint density at radius 3 is 2.15 bits per heavy atom. The molecular formula is C32H31Cl3N10O2. The Morgan fingerprint density at radius 2 is 1.53 bits per heavy atom. The van der Waals surface area contributed by atoms with Crippen molar-refractivity contribution in [2.45, 2.75) is 50.0 Å². The number of hydrogen-bond acceptors (Lipinski definition) is 11. The number of anilines is 2. The van der Waals surface area contributed by atoms with Gasteiger partial charge in [0.2, 0.25) is 16.5 Å². The Labute approximate surface area is 287 Å². The minimum Gasteiger partial charge on any atom is -0.490 e. The summed E-state index contributed by atoms with van der Waals surface area (Å²) in [5, 5.41) is 12.9. The maximum absolute atomic E-state index is 12.7. The summed E-state index contributed by atoms with van der Waals surface area (Å²) in [4.78, 5) is 40.7. The second-order valence-electron chi connectivity index (χ2n) is 11.4. The molecule has 12 nitrogen and oxygen atoms in total. The molecule has 3 fully saturated rings. The van der Waals surface area contributed by atoms with Crippen molar-refractivity contribution < 1.29 is 9.53 Å². The number of benzene rings is 1. The zero-order valence-corrected chi connectivity index (χ0v) is 27.5. The average molecular weight is 694 g/mol. The van der Waals surface area contributed by atoms with Crippen LogP contribution < -0.4 is 15.0 Å². The Kier molecular flexibility index (Phi) is 10.5. The fourth-order valence-corrected chi connectivity index (χ4v) is 5.65. The second-order valence-corrected chi connectivity index (χ2v) is 12.5. The van der Waals surface area contributed by atoms with E-state index in [-0.39, 0.29) is 17.2 Å². The molecule has 4 aromatic rings. The largest absolute Gasteiger partial charge is 0.490 e. The third-order valence-electron chi connectivity index (χ3n) is 7.89. The quantitative estimate of drug-likeness (QED) is 0.150. The van der Waals surface area contributed by atoms with Crippen LogP contribution in [0.1, 0.15) is 65.7 Å². The number of rotatable bonds is 5. The van der Waals surface area contributed by atoms with E-state index in [4.69, 9.17) is 49.8 Å². The lowest BCUT2D eigenvalue weighted by Gasteiger charge is -2.30. The molecule has 1 atom stereocenters. The van der Waals surface area contributed by atoms with E-state index in [2.05, 4.69) is 36.4 Å². The van der Waals surface area contributed by atoms with E-state index < -0.39 is 0 Å². The van der Waals surface area contributed by atoms with Gasteiger partial charge >= 0.3 is 0 Å². The first-order valence-corrected chi connectivity index (χ1v) is 16.4. The molecule has 1 amide bonds. The Morgan fingerprint density at radius 1 is 0.851 bits per heavy atom. The highest BCUT2D eigenvalue weighted by atomic mass is 35.5. The van der Waals surface area contributed by atoms with Gasteiger partial charge in [-0.25, -0.2) is 29.9 Å². The molecule has 0 spiro atoms. The zero-order chi connectivity index (χ0) is 32.8. The van der Waals surface area contributed by atoms with E-state index >= 15 is 0 Å². The van der Waals surface area contributed by atoms with Crippen molar-refractivity contribution in [3.05, 3.63) is 87.7 Å². The second kappa shape index (κ2) is 15.1. The fourth-order valence-electron chi connectivity index (χ4n) is 5.17. The van der Waals surface area contributed by atoms with Crippen molar-refractivity contribution >= 4 is 52.3 Å². The number of nitriles is 1. The molecule has 2 aliphatic heterocycles. The van der Waals surface area contributed by atoms with Crippen molar-refractivity contribution in [1.82, 2.24) is 40.1 Å². The van der Waals surface area contributed by atoms with Gasteiger partial charge in [0, 0.05) is 66.5 Å². The minimum atomic E-state index is -0.148. The Bertz CT molecular complexity index is 1750. The van der Waals surface area contributed by atoms with Crippen LogP contribution in [0.25, 0.3) is 0 Å². The molecule has 1 N–H and O–H groups in total. The number of nitrogens with zero attached hydrogens (tertiary/aromatic N) is 9. The van der Waals surface area contributed by atoms with Crippen molar-refractivity contribution in [1.29, 1.82) is 5.26 Å². The monoisotopic (exact) mass is 692 g/mol. The molecule has 5 heterocycles. The molecule has 4 aliphatic rings. The van der Waals surface area contributed by atoms with Crippen LogP contribution >= 0.6 is 34.8 Å². The first kappa shape index (κ1) is 32.6. The summed E-state index contributed by atoms with van der Waals surface area (Å²) in [5.74, 6) is 2.43. The van der Waals surface area contributed by atoms with Crippen LogP contribution in [0.5, 0.6) is 5.75 Å². The molecule has 8 rings (SSSR count). The summed E-state index contributed by atoms with van der Waals surface area (Å²) in [7, 11) is 0. The summed E-state index contributed by atoms with van der Waals surface area (Å²) in [6.07, 6.45) is 12.8. The molecule has 15 heteroatoms. The van der Waals surface area contributed by atoms with Gasteiger partial charge in [-0.1, -0.05) is 11.6 Å². The highest BCUT2D eigenvalue weighted by Crippen LogP contribution is 2.41. The van der Waals surface area contributed by atoms with Crippen LogP contribution in [-0.4, -0.2) is 73.0 Å². The maximum Gasteiger partial charge on any atom is 0.251 e. The van der Waals surface area contributed by atoms with Gasteiger partial charge in [0.25, 0.3) is 5.91 Å². The molecular weight excluding hydrogens is 663 g/mol. The number of hydrogen-bond donors (Lipinski definition) is 1. The fraction of sp³-hybridized carbons (Fsp3) is 0.375. The van der Waals surface area contributed by atoms with Gasteiger partial charge in [0.05, 0.1) is 12.2 Å². The van der Waals surface area contributed by atoms with E-state index in [1.54, 1.807) is 29.3 Å². The van der Waals surface area contributed by atoms with Crippen LogP contribution in [0.15, 0.2) is 55.0 Å². The third-order valence-corrected chi connectivity index (χ3v) is 8.46. The summed E-state index contributed by atoms with van der Waals surface area (Å²) in [6.45, 7) is 2.42. The lowest BCUT2D eigenvalue weighted by Crippen LogP contribution is -2.36. The van der Waals surface area contributed by atoms with E-state index in [1.165, 1.54) is 31.9 Å². The number of aromatic nitrogens is 6. The summed E-state index contributed by atoms with van der Waals surface area (Å²) < 4.78 is 5.83. The number of fused-ring (bicyclic) bond motifs is 1. The molecule has 0 radical (unpaired) electrons. The number of amides is 1. The van der Waals surface area contributed by atoms with Gasteiger partial charge in [-0.3, -0.25) is 4.79 Å². The molecule has 1 saturated heterocycles. The van der Waals surface area contributed by atoms with E-state index in [0.29, 0.717) is 65.8 Å². The van der Waals surface area contributed by atoms with Crippen molar-refractivity contribution in [2.24, 2.45) is 0 Å². The highest BCUT2D eigenvalue weighted by Gasteiger charge is 2.29. The predicted molar refractivity (Wildman–Crippen MR) is 177 cm³/mol. The molecule has 0 unspecified atom stereocenters. The number of carbonyl (C=O) groups is 1. The number of nitrogens with one attached hydrogen (secondary N) is 1. The normalized spacial score (nSPS) is 18.0. The Balaban J connectivity index is 0.000000174. The molecule has 2 saturated carbocycles. The molecule has 0 bridgehead atoms. The average Bonchev–Trinajstić information content (AvgIpc) is 4.03. The van der Waals surface area contributed by atoms with Crippen molar-refractivity contribution in [3.63, 3.8) is 0 Å². The smallest absolute Gasteiger partial charge is 0.251 e. The number of carbonyl (C=O) groups excluding carboxylic acids is 1. The molecule has 2 aliphatic carbocycles. The third kappa shape index (κ3) is 8.94. The van der Waals surface area contributed by atoms with Gasteiger partial charge in [0.1, 0.15) is 17.5 Å².